The van der Waals surface area contributed by atoms with E-state index < -0.39 is 12.1 Å². The van der Waals surface area contributed by atoms with Crippen LogP contribution in [0, 0.1) is 0 Å². The first-order chi connectivity index (χ1) is 14.4. The quantitative estimate of drug-likeness (QED) is 0.555. The van der Waals surface area contributed by atoms with Gasteiger partial charge in [0, 0.05) is 20.0 Å². The highest BCUT2D eigenvalue weighted by molar-refractivity contribution is 5.83. The fourth-order valence-electron chi connectivity index (χ4n) is 3.08. The van der Waals surface area contributed by atoms with E-state index in [-0.39, 0.29) is 12.3 Å². The number of carbonyl (C=O) groups excluding carboxylic acids is 2. The minimum Gasteiger partial charge on any atom is -0.493 e. The Morgan fingerprint density at radius 3 is 2.07 bits per heavy atom. The van der Waals surface area contributed by atoms with E-state index in [1.807, 2.05) is 30.3 Å². The molecule has 0 heterocycles. The molecule has 0 aromatic heterocycles. The maximum atomic E-state index is 12.5. The predicted molar refractivity (Wildman–Crippen MR) is 113 cm³/mol. The molecule has 2 aromatic rings. The highest BCUT2D eigenvalue weighted by Crippen LogP contribution is 2.38. The molecule has 0 aliphatic heterocycles. The molecule has 0 saturated heterocycles. The summed E-state index contributed by atoms with van der Waals surface area (Å²) in [6.07, 6.45) is -0.319. The van der Waals surface area contributed by atoms with Gasteiger partial charge in [-0.2, -0.15) is 0 Å². The molecule has 1 amide bonds. The van der Waals surface area contributed by atoms with Gasteiger partial charge < -0.3 is 23.8 Å². The summed E-state index contributed by atoms with van der Waals surface area (Å²) in [6, 6.07) is 13.2. The SMILES string of the molecule is COc1cc(CCC(=O)O[C@@H](C)C(=O)N(C)Cc2ccccc2)cc(OC)c1OC. The van der Waals surface area contributed by atoms with Gasteiger partial charge in [-0.15, -0.1) is 0 Å². The summed E-state index contributed by atoms with van der Waals surface area (Å²) in [5, 5.41) is 0. The number of nitrogens with zero attached hydrogens (tertiary/aromatic N) is 1. The molecule has 0 spiro atoms. The van der Waals surface area contributed by atoms with Gasteiger partial charge in [-0.25, -0.2) is 0 Å². The Balaban J connectivity index is 1.91. The molecule has 7 heteroatoms. The molecule has 30 heavy (non-hydrogen) atoms. The Kier molecular flexibility index (Phi) is 8.53. The molecule has 1 atom stereocenters. The number of ether oxygens (including phenoxy) is 4. The van der Waals surface area contributed by atoms with Crippen LogP contribution in [0.5, 0.6) is 17.2 Å². The topological polar surface area (TPSA) is 74.3 Å². The number of benzene rings is 2. The second kappa shape index (κ2) is 11.1. The van der Waals surface area contributed by atoms with Crippen molar-refractivity contribution in [2.75, 3.05) is 28.4 Å². The van der Waals surface area contributed by atoms with Crippen molar-refractivity contribution >= 4 is 11.9 Å². The van der Waals surface area contributed by atoms with Gasteiger partial charge in [-0.05, 0) is 36.6 Å². The van der Waals surface area contributed by atoms with Gasteiger partial charge in [-0.3, -0.25) is 9.59 Å². The largest absolute Gasteiger partial charge is 0.493 e. The molecule has 0 aliphatic carbocycles. The van der Waals surface area contributed by atoms with Crippen LogP contribution in [-0.4, -0.2) is 51.3 Å². The van der Waals surface area contributed by atoms with Crippen LogP contribution in [0.15, 0.2) is 42.5 Å². The molecule has 7 nitrogen and oxygen atoms in total. The van der Waals surface area contributed by atoms with Crippen molar-refractivity contribution in [1.82, 2.24) is 4.90 Å². The van der Waals surface area contributed by atoms with Crippen molar-refractivity contribution in [2.45, 2.75) is 32.4 Å². The lowest BCUT2D eigenvalue weighted by molar-refractivity contribution is -0.158. The molecule has 0 unspecified atom stereocenters. The summed E-state index contributed by atoms with van der Waals surface area (Å²) in [6.45, 7) is 2.04. The average Bonchev–Trinajstić information content (AvgIpc) is 2.76. The zero-order chi connectivity index (χ0) is 22.1. The standard InChI is InChI=1S/C23H29NO6/c1-16(23(26)24(2)15-17-9-7-6-8-10-17)30-21(25)12-11-18-13-19(27-3)22(29-5)20(14-18)28-4/h6-10,13-14,16H,11-12,15H2,1-5H3/t16-/m0/s1. The average molecular weight is 415 g/mol. The predicted octanol–water partition coefficient (Wildman–Crippen LogP) is 3.24. The molecular weight excluding hydrogens is 386 g/mol. The number of amides is 1. The minimum absolute atomic E-state index is 0.124. The van der Waals surface area contributed by atoms with Crippen molar-refractivity contribution in [2.24, 2.45) is 0 Å². The highest BCUT2D eigenvalue weighted by atomic mass is 16.5. The van der Waals surface area contributed by atoms with Crippen molar-refractivity contribution in [3.8, 4) is 17.2 Å². The van der Waals surface area contributed by atoms with Crippen molar-refractivity contribution in [1.29, 1.82) is 0 Å². The Morgan fingerprint density at radius 1 is 0.933 bits per heavy atom. The lowest BCUT2D eigenvalue weighted by Crippen LogP contribution is -2.37. The summed E-state index contributed by atoms with van der Waals surface area (Å²) >= 11 is 0. The number of likely N-dealkylation sites (N-methyl/N-ethyl adjacent to an activating group) is 1. The summed E-state index contributed by atoms with van der Waals surface area (Å²) in [7, 11) is 6.29. The van der Waals surface area contributed by atoms with Crippen LogP contribution in [-0.2, 0) is 27.3 Å². The van der Waals surface area contributed by atoms with E-state index in [1.54, 1.807) is 31.0 Å². The van der Waals surface area contributed by atoms with Crippen LogP contribution in [0.3, 0.4) is 0 Å². The molecule has 0 fully saturated rings. The normalized spacial score (nSPS) is 11.4. The molecule has 0 aliphatic rings. The van der Waals surface area contributed by atoms with Crippen molar-refractivity contribution in [3.63, 3.8) is 0 Å². The lowest BCUT2D eigenvalue weighted by Gasteiger charge is -2.21. The Labute approximate surface area is 177 Å². The number of hydrogen-bond donors (Lipinski definition) is 0. The van der Waals surface area contributed by atoms with Gasteiger partial charge in [0.1, 0.15) is 0 Å². The van der Waals surface area contributed by atoms with E-state index in [9.17, 15) is 9.59 Å². The molecule has 0 radical (unpaired) electrons. The van der Waals surface area contributed by atoms with E-state index in [0.29, 0.717) is 30.2 Å². The van der Waals surface area contributed by atoms with Crippen LogP contribution in [0.1, 0.15) is 24.5 Å². The fraction of sp³-hybridized carbons (Fsp3) is 0.391. The van der Waals surface area contributed by atoms with Crippen LogP contribution >= 0.6 is 0 Å². The van der Waals surface area contributed by atoms with Crippen LogP contribution in [0.25, 0.3) is 0 Å². The number of aryl methyl sites for hydroxylation is 1. The Morgan fingerprint density at radius 2 is 1.53 bits per heavy atom. The highest BCUT2D eigenvalue weighted by Gasteiger charge is 2.22. The summed E-state index contributed by atoms with van der Waals surface area (Å²) < 4.78 is 21.3. The third-order valence-electron chi connectivity index (χ3n) is 4.64. The van der Waals surface area contributed by atoms with Gasteiger partial charge in [0.2, 0.25) is 5.75 Å². The maximum absolute atomic E-state index is 12.5. The molecule has 162 valence electrons. The molecular formula is C23H29NO6. The molecule has 2 rings (SSSR count). The van der Waals surface area contributed by atoms with E-state index in [1.165, 1.54) is 21.3 Å². The van der Waals surface area contributed by atoms with Gasteiger partial charge in [0.15, 0.2) is 17.6 Å². The molecule has 0 bridgehead atoms. The molecule has 2 aromatic carbocycles. The van der Waals surface area contributed by atoms with Crippen LogP contribution < -0.4 is 14.2 Å². The maximum Gasteiger partial charge on any atom is 0.306 e. The van der Waals surface area contributed by atoms with Gasteiger partial charge >= 0.3 is 5.97 Å². The molecule has 0 N–H and O–H groups in total. The summed E-state index contributed by atoms with van der Waals surface area (Å²) in [5.74, 6) is 0.835. The summed E-state index contributed by atoms with van der Waals surface area (Å²) in [4.78, 5) is 26.3. The first-order valence-corrected chi connectivity index (χ1v) is 9.66. The second-order valence-electron chi connectivity index (χ2n) is 6.85. The Bertz CT molecular complexity index is 827. The third-order valence-corrected chi connectivity index (χ3v) is 4.64. The van der Waals surface area contributed by atoms with E-state index in [4.69, 9.17) is 18.9 Å². The van der Waals surface area contributed by atoms with Crippen molar-refractivity contribution in [3.05, 3.63) is 53.6 Å². The second-order valence-corrected chi connectivity index (χ2v) is 6.85. The zero-order valence-corrected chi connectivity index (χ0v) is 18.1. The van der Waals surface area contributed by atoms with Crippen LogP contribution in [0.2, 0.25) is 0 Å². The van der Waals surface area contributed by atoms with Gasteiger partial charge in [-0.1, -0.05) is 30.3 Å². The molecule has 0 saturated carbocycles. The smallest absolute Gasteiger partial charge is 0.306 e. The zero-order valence-electron chi connectivity index (χ0n) is 18.1. The van der Waals surface area contributed by atoms with Gasteiger partial charge in [0.05, 0.1) is 21.3 Å². The monoisotopic (exact) mass is 415 g/mol. The number of esters is 1. The fourth-order valence-corrected chi connectivity index (χ4v) is 3.08. The summed E-state index contributed by atoms with van der Waals surface area (Å²) in [5.41, 5.74) is 1.84. The van der Waals surface area contributed by atoms with E-state index >= 15 is 0 Å². The third kappa shape index (κ3) is 6.14. The van der Waals surface area contributed by atoms with Gasteiger partial charge in [0.25, 0.3) is 5.91 Å². The number of methoxy groups -OCH3 is 3. The number of carbonyl (C=O) groups is 2. The van der Waals surface area contributed by atoms with Crippen molar-refractivity contribution < 1.29 is 28.5 Å². The van der Waals surface area contributed by atoms with Crippen LogP contribution in [0.4, 0.5) is 0 Å². The minimum atomic E-state index is -0.855. The van der Waals surface area contributed by atoms with E-state index in [0.717, 1.165) is 11.1 Å². The number of rotatable bonds is 10. The first kappa shape index (κ1) is 23.1. The first-order valence-electron chi connectivity index (χ1n) is 9.66. The lowest BCUT2D eigenvalue weighted by atomic mass is 10.1. The Hall–Kier alpha value is -3.22. The number of hydrogen-bond acceptors (Lipinski definition) is 6. The van der Waals surface area contributed by atoms with E-state index in [2.05, 4.69) is 0 Å².